The number of nitrogens with one attached hydrogen (secondary N) is 1. The first-order valence-corrected chi connectivity index (χ1v) is 8.08. The number of thioether (sulfide) groups is 1. The largest absolute Gasteiger partial charge is 0.479 e. The van der Waals surface area contributed by atoms with E-state index >= 15 is 0 Å². The fourth-order valence-electron chi connectivity index (χ4n) is 2.51. The fraction of sp³-hybridized carbons (Fsp3) is 0.846. The Morgan fingerprint density at radius 1 is 1.53 bits per heavy atom. The molecule has 2 atom stereocenters. The maximum atomic E-state index is 12.1. The van der Waals surface area contributed by atoms with Gasteiger partial charge in [-0.3, -0.25) is 0 Å². The molecule has 0 radical (unpaired) electrons. The van der Waals surface area contributed by atoms with Gasteiger partial charge in [-0.25, -0.2) is 9.59 Å². The summed E-state index contributed by atoms with van der Waals surface area (Å²) in [5, 5.41) is 12.7. The molecule has 6 heteroatoms. The number of nitrogens with zero attached hydrogens (tertiary/aromatic N) is 1. The van der Waals surface area contributed by atoms with Crippen LogP contribution in [0.4, 0.5) is 4.79 Å². The van der Waals surface area contributed by atoms with Crippen LogP contribution in [0.5, 0.6) is 0 Å². The van der Waals surface area contributed by atoms with E-state index in [-0.39, 0.29) is 6.03 Å². The number of aliphatic carboxylic acids is 1. The van der Waals surface area contributed by atoms with Gasteiger partial charge in [0.25, 0.3) is 0 Å². The van der Waals surface area contributed by atoms with Crippen molar-refractivity contribution in [2.75, 3.05) is 19.3 Å². The summed E-state index contributed by atoms with van der Waals surface area (Å²) in [7, 11) is 0. The molecule has 1 heterocycles. The third-order valence-electron chi connectivity index (χ3n) is 3.95. The number of hydrogen-bond acceptors (Lipinski definition) is 3. The van der Waals surface area contributed by atoms with E-state index in [1.54, 1.807) is 11.8 Å². The number of carbonyl (C=O) groups is 2. The van der Waals surface area contributed by atoms with E-state index in [2.05, 4.69) is 12.2 Å². The molecule has 110 valence electrons. The third-order valence-corrected chi connectivity index (χ3v) is 4.99. The van der Waals surface area contributed by atoms with Crippen LogP contribution >= 0.6 is 11.8 Å². The second kappa shape index (κ2) is 7.03. The summed E-state index contributed by atoms with van der Waals surface area (Å²) in [4.78, 5) is 25.1. The van der Waals surface area contributed by atoms with Gasteiger partial charge in [-0.2, -0.15) is 11.8 Å². The lowest BCUT2D eigenvalue weighted by Crippen LogP contribution is -2.55. The molecule has 1 saturated heterocycles. The topological polar surface area (TPSA) is 69.6 Å². The maximum absolute atomic E-state index is 12.1. The van der Waals surface area contributed by atoms with Crippen LogP contribution in [0.25, 0.3) is 0 Å². The Hall–Kier alpha value is -0.910. The molecule has 1 aliphatic heterocycles. The molecular weight excluding hydrogens is 264 g/mol. The van der Waals surface area contributed by atoms with E-state index in [4.69, 9.17) is 0 Å². The number of hydrogen-bond donors (Lipinski definition) is 2. The lowest BCUT2D eigenvalue weighted by Gasteiger charge is -2.33. The zero-order chi connectivity index (χ0) is 14.5. The minimum atomic E-state index is -1.00. The number of urea groups is 1. The van der Waals surface area contributed by atoms with Gasteiger partial charge in [0.05, 0.1) is 0 Å². The highest BCUT2D eigenvalue weighted by molar-refractivity contribution is 7.99. The Bertz CT molecular complexity index is 338. The summed E-state index contributed by atoms with van der Waals surface area (Å²) in [6.07, 6.45) is 4.70. The van der Waals surface area contributed by atoms with E-state index in [0.717, 1.165) is 12.8 Å². The zero-order valence-corrected chi connectivity index (χ0v) is 12.8. The lowest BCUT2D eigenvalue weighted by molar-refractivity contribution is -0.148. The molecule has 1 aliphatic rings. The van der Waals surface area contributed by atoms with Crippen LogP contribution in [-0.4, -0.2) is 52.1 Å². The minimum Gasteiger partial charge on any atom is -0.479 e. The molecule has 1 rings (SSSR count). The highest BCUT2D eigenvalue weighted by atomic mass is 32.2. The predicted molar refractivity (Wildman–Crippen MR) is 77.6 cm³/mol. The smallest absolute Gasteiger partial charge is 0.329 e. The average Bonchev–Trinajstić information content (AvgIpc) is 2.83. The van der Waals surface area contributed by atoms with Crippen LogP contribution in [-0.2, 0) is 4.79 Å². The summed E-state index contributed by atoms with van der Waals surface area (Å²) in [6.45, 7) is 5.07. The zero-order valence-electron chi connectivity index (χ0n) is 11.9. The highest BCUT2D eigenvalue weighted by Crippen LogP contribution is 2.32. The fourth-order valence-corrected chi connectivity index (χ4v) is 2.86. The van der Waals surface area contributed by atoms with Gasteiger partial charge < -0.3 is 15.3 Å². The van der Waals surface area contributed by atoms with E-state index in [1.807, 2.05) is 13.2 Å². The van der Waals surface area contributed by atoms with Gasteiger partial charge >= 0.3 is 12.0 Å². The van der Waals surface area contributed by atoms with Gasteiger partial charge in [0.1, 0.15) is 5.54 Å². The molecule has 0 aliphatic carbocycles. The molecule has 2 unspecified atom stereocenters. The SMILES string of the molecule is CCC1(C(=O)O)CCCN1C(=O)NCCC(C)SC. The van der Waals surface area contributed by atoms with E-state index in [9.17, 15) is 14.7 Å². The summed E-state index contributed by atoms with van der Waals surface area (Å²) in [5.74, 6) is -0.889. The number of carboxylic acids is 1. The number of rotatable bonds is 6. The van der Waals surface area contributed by atoms with Crippen LogP contribution in [0.3, 0.4) is 0 Å². The molecule has 0 saturated carbocycles. The van der Waals surface area contributed by atoms with Crippen molar-refractivity contribution in [2.45, 2.75) is 50.3 Å². The molecule has 2 amide bonds. The second-order valence-electron chi connectivity index (χ2n) is 5.01. The summed E-state index contributed by atoms with van der Waals surface area (Å²) in [6, 6.07) is -0.241. The first kappa shape index (κ1) is 16.1. The number of likely N-dealkylation sites (tertiary alicyclic amines) is 1. The van der Waals surface area contributed by atoms with Crippen LogP contribution in [0, 0.1) is 0 Å². The van der Waals surface area contributed by atoms with Crippen LogP contribution in [0.2, 0.25) is 0 Å². The third kappa shape index (κ3) is 3.55. The summed E-state index contributed by atoms with van der Waals surface area (Å²) < 4.78 is 0. The Labute approximate surface area is 119 Å². The molecule has 0 aromatic heterocycles. The summed E-state index contributed by atoms with van der Waals surface area (Å²) in [5.41, 5.74) is -1.00. The molecule has 19 heavy (non-hydrogen) atoms. The van der Waals surface area contributed by atoms with Gasteiger partial charge in [0.2, 0.25) is 0 Å². The van der Waals surface area contributed by atoms with Gasteiger partial charge in [-0.05, 0) is 31.9 Å². The minimum absolute atomic E-state index is 0.241. The normalized spacial score (nSPS) is 24.3. The molecular formula is C13H24N2O3S. The van der Waals surface area contributed by atoms with Crippen LogP contribution in [0.1, 0.15) is 39.5 Å². The van der Waals surface area contributed by atoms with Crippen LogP contribution < -0.4 is 5.32 Å². The van der Waals surface area contributed by atoms with Crippen molar-refractivity contribution in [2.24, 2.45) is 0 Å². The predicted octanol–water partition coefficient (Wildman–Crippen LogP) is 2.17. The molecule has 0 bridgehead atoms. The average molecular weight is 288 g/mol. The monoisotopic (exact) mass is 288 g/mol. The first-order chi connectivity index (χ1) is 8.97. The second-order valence-corrected chi connectivity index (χ2v) is 6.29. The van der Waals surface area contributed by atoms with Crippen molar-refractivity contribution in [1.82, 2.24) is 10.2 Å². The van der Waals surface area contributed by atoms with E-state index in [1.165, 1.54) is 4.90 Å². The molecule has 0 aromatic rings. The van der Waals surface area contributed by atoms with Gasteiger partial charge in [0.15, 0.2) is 0 Å². The Kier molecular flexibility index (Phi) is 5.97. The molecule has 1 fully saturated rings. The lowest BCUT2D eigenvalue weighted by atomic mass is 9.93. The van der Waals surface area contributed by atoms with Crippen molar-refractivity contribution in [3.8, 4) is 0 Å². The molecule has 2 N–H and O–H groups in total. The Morgan fingerprint density at radius 2 is 2.21 bits per heavy atom. The molecule has 0 spiro atoms. The first-order valence-electron chi connectivity index (χ1n) is 6.79. The van der Waals surface area contributed by atoms with Gasteiger partial charge in [0, 0.05) is 18.3 Å². The number of amides is 2. The maximum Gasteiger partial charge on any atom is 0.329 e. The van der Waals surface area contributed by atoms with E-state index in [0.29, 0.717) is 31.2 Å². The number of carboxylic acid groups (broad SMARTS) is 1. The van der Waals surface area contributed by atoms with Crippen molar-refractivity contribution >= 4 is 23.8 Å². The quantitative estimate of drug-likeness (QED) is 0.786. The molecule has 5 nitrogen and oxygen atoms in total. The molecule has 0 aromatic carbocycles. The van der Waals surface area contributed by atoms with E-state index < -0.39 is 11.5 Å². The standard InChI is InChI=1S/C13H24N2O3S/c1-4-13(11(16)17)7-5-9-15(13)12(18)14-8-6-10(2)19-3/h10H,4-9H2,1-3H3,(H,14,18)(H,16,17). The van der Waals surface area contributed by atoms with Crippen LogP contribution in [0.15, 0.2) is 0 Å². The summed E-state index contributed by atoms with van der Waals surface area (Å²) >= 11 is 1.76. The van der Waals surface area contributed by atoms with Crippen molar-refractivity contribution in [3.63, 3.8) is 0 Å². The van der Waals surface area contributed by atoms with Gasteiger partial charge in [-0.15, -0.1) is 0 Å². The van der Waals surface area contributed by atoms with Gasteiger partial charge in [-0.1, -0.05) is 13.8 Å². The van der Waals surface area contributed by atoms with Crippen molar-refractivity contribution in [3.05, 3.63) is 0 Å². The Morgan fingerprint density at radius 3 is 2.74 bits per heavy atom. The van der Waals surface area contributed by atoms with Crippen molar-refractivity contribution in [1.29, 1.82) is 0 Å². The Balaban J connectivity index is 2.58. The van der Waals surface area contributed by atoms with Crippen molar-refractivity contribution < 1.29 is 14.7 Å². The number of carbonyl (C=O) groups excluding carboxylic acids is 1. The highest BCUT2D eigenvalue weighted by Gasteiger charge is 2.48.